The number of amides is 1. The van der Waals surface area contributed by atoms with Crippen molar-refractivity contribution >= 4 is 40.8 Å². The van der Waals surface area contributed by atoms with E-state index >= 15 is 0 Å². The molecular formula is C15H24ClN3O4S. The number of hydrogen-bond acceptors (Lipinski definition) is 7. The number of thiazole rings is 1. The van der Waals surface area contributed by atoms with Gasteiger partial charge in [0.15, 0.2) is 5.13 Å². The van der Waals surface area contributed by atoms with Crippen LogP contribution in [0.4, 0.5) is 5.13 Å². The van der Waals surface area contributed by atoms with Crippen LogP contribution in [0.25, 0.3) is 0 Å². The summed E-state index contributed by atoms with van der Waals surface area (Å²) in [5, 5.41) is 3.11. The molecular weight excluding hydrogens is 354 g/mol. The summed E-state index contributed by atoms with van der Waals surface area (Å²) >= 11 is 1.11. The molecule has 3 N–H and O–H groups in total. The lowest BCUT2D eigenvalue weighted by atomic mass is 9.91. The Balaban J connectivity index is 0.00000288. The Morgan fingerprint density at radius 1 is 1.42 bits per heavy atom. The summed E-state index contributed by atoms with van der Waals surface area (Å²) in [5.41, 5.74) is 5.82. The number of halogens is 1. The van der Waals surface area contributed by atoms with Crippen LogP contribution in [-0.4, -0.2) is 42.7 Å². The van der Waals surface area contributed by atoms with Crippen LogP contribution < -0.4 is 11.1 Å². The summed E-state index contributed by atoms with van der Waals surface area (Å²) in [6, 6.07) is 0. The average Bonchev–Trinajstić information content (AvgIpc) is 3.12. The lowest BCUT2D eigenvalue weighted by Crippen LogP contribution is -2.29. The summed E-state index contributed by atoms with van der Waals surface area (Å²) in [7, 11) is 1.33. The van der Waals surface area contributed by atoms with Crippen LogP contribution in [-0.2, 0) is 19.7 Å². The fourth-order valence-corrected chi connectivity index (χ4v) is 3.47. The molecule has 7 nitrogen and oxygen atoms in total. The number of ether oxygens (including phenoxy) is 2. The first kappa shape index (κ1) is 20.8. The summed E-state index contributed by atoms with van der Waals surface area (Å²) in [6.07, 6.45) is 0.812. The number of aromatic nitrogens is 1. The van der Waals surface area contributed by atoms with Crippen molar-refractivity contribution in [3.63, 3.8) is 0 Å². The van der Waals surface area contributed by atoms with Gasteiger partial charge in [0.25, 0.3) is 5.91 Å². The van der Waals surface area contributed by atoms with Gasteiger partial charge in [0.05, 0.1) is 18.9 Å². The smallest absolute Gasteiger partial charge is 0.350 e. The predicted octanol–water partition coefficient (Wildman–Crippen LogP) is 2.09. The fraction of sp³-hybridized carbons (Fsp3) is 0.667. The summed E-state index contributed by atoms with van der Waals surface area (Å²) < 4.78 is 10.4. The molecule has 2 heterocycles. The first-order valence-corrected chi connectivity index (χ1v) is 8.34. The summed E-state index contributed by atoms with van der Waals surface area (Å²) in [5.74, 6) is -0.709. The highest BCUT2D eigenvalue weighted by Gasteiger charge is 2.32. The third-order valence-electron chi connectivity index (χ3n) is 3.60. The second-order valence-corrected chi connectivity index (χ2v) is 7.49. The molecule has 1 aromatic heterocycles. The Kier molecular flexibility index (Phi) is 7.15. The second-order valence-electron chi connectivity index (χ2n) is 6.49. The number of rotatable bonds is 4. The van der Waals surface area contributed by atoms with E-state index in [1.807, 2.05) is 20.8 Å². The van der Waals surface area contributed by atoms with Crippen molar-refractivity contribution in [2.24, 2.45) is 5.73 Å². The summed E-state index contributed by atoms with van der Waals surface area (Å²) in [6.45, 7) is 6.26. The molecule has 1 saturated heterocycles. The van der Waals surface area contributed by atoms with E-state index in [4.69, 9.17) is 15.2 Å². The Labute approximate surface area is 151 Å². The lowest BCUT2D eigenvalue weighted by molar-refractivity contribution is -0.126. The number of methoxy groups -OCH3 is 1. The zero-order chi connectivity index (χ0) is 17.2. The zero-order valence-corrected chi connectivity index (χ0v) is 15.9. The number of nitrogens with one attached hydrogen (secondary N) is 1. The van der Waals surface area contributed by atoms with E-state index in [-0.39, 0.29) is 29.8 Å². The molecule has 24 heavy (non-hydrogen) atoms. The van der Waals surface area contributed by atoms with Crippen molar-refractivity contribution in [2.75, 3.05) is 19.0 Å². The van der Waals surface area contributed by atoms with Crippen LogP contribution in [0.2, 0.25) is 0 Å². The third kappa shape index (κ3) is 4.66. The minimum absolute atomic E-state index is 0. The molecule has 1 aliphatic rings. The number of nitrogens with two attached hydrogens (primary N) is 1. The molecule has 0 spiro atoms. The van der Waals surface area contributed by atoms with Gasteiger partial charge < -0.3 is 15.2 Å². The lowest BCUT2D eigenvalue weighted by Gasteiger charge is -2.16. The molecule has 9 heteroatoms. The van der Waals surface area contributed by atoms with Gasteiger partial charge in [-0.2, -0.15) is 0 Å². The fourth-order valence-electron chi connectivity index (χ4n) is 2.37. The summed E-state index contributed by atoms with van der Waals surface area (Å²) in [4.78, 5) is 29.0. The largest absolute Gasteiger partial charge is 0.465 e. The molecule has 0 aliphatic carbocycles. The average molecular weight is 378 g/mol. The second kappa shape index (κ2) is 8.24. The van der Waals surface area contributed by atoms with E-state index in [1.165, 1.54) is 7.11 Å². The van der Waals surface area contributed by atoms with E-state index in [1.54, 1.807) is 0 Å². The highest BCUT2D eigenvalue weighted by molar-refractivity contribution is 7.17. The van der Waals surface area contributed by atoms with Crippen molar-refractivity contribution in [3.8, 4) is 0 Å². The Hall–Kier alpha value is -1.22. The molecule has 0 aromatic carbocycles. The molecule has 1 fully saturated rings. The molecule has 0 radical (unpaired) electrons. The maximum Gasteiger partial charge on any atom is 0.350 e. The van der Waals surface area contributed by atoms with Gasteiger partial charge in [-0.1, -0.05) is 32.1 Å². The molecule has 1 aliphatic heterocycles. The van der Waals surface area contributed by atoms with Crippen molar-refractivity contribution < 1.29 is 19.1 Å². The monoisotopic (exact) mass is 377 g/mol. The van der Waals surface area contributed by atoms with Gasteiger partial charge >= 0.3 is 5.97 Å². The quantitative estimate of drug-likeness (QED) is 0.778. The Morgan fingerprint density at radius 2 is 2.08 bits per heavy atom. The number of anilines is 1. The van der Waals surface area contributed by atoms with Gasteiger partial charge in [0.1, 0.15) is 11.0 Å². The van der Waals surface area contributed by atoms with E-state index in [0.29, 0.717) is 28.7 Å². The number of nitrogens with zero attached hydrogens (tertiary/aromatic N) is 1. The van der Waals surface area contributed by atoms with Crippen molar-refractivity contribution in [1.29, 1.82) is 0 Å². The van der Waals surface area contributed by atoms with Gasteiger partial charge in [0, 0.05) is 12.0 Å². The predicted molar refractivity (Wildman–Crippen MR) is 95.0 cm³/mol. The maximum absolute atomic E-state index is 12.3. The minimum atomic E-state index is -0.521. The molecule has 0 saturated carbocycles. The van der Waals surface area contributed by atoms with Gasteiger partial charge in [-0.05, 0) is 12.8 Å². The SMILES string of the molecule is COC(=O)c1sc(NC(=O)[C@@H]2CC[C@H](CN)O2)nc1C(C)(C)C.Cl. The van der Waals surface area contributed by atoms with Crippen LogP contribution in [0.1, 0.15) is 49.0 Å². The van der Waals surface area contributed by atoms with Crippen LogP contribution in [0.3, 0.4) is 0 Å². The molecule has 2 rings (SSSR count). The number of carbonyl (C=O) groups is 2. The zero-order valence-electron chi connectivity index (χ0n) is 14.3. The van der Waals surface area contributed by atoms with Crippen molar-refractivity contribution in [2.45, 2.75) is 51.2 Å². The highest BCUT2D eigenvalue weighted by Crippen LogP contribution is 2.33. The van der Waals surface area contributed by atoms with Crippen LogP contribution in [0, 0.1) is 0 Å². The first-order chi connectivity index (χ1) is 10.8. The standard InChI is InChI=1S/C15H23N3O4S.ClH/c1-15(2,3)11-10(13(20)21-4)23-14(17-11)18-12(19)9-6-5-8(7-16)22-9;/h8-9H,5-7,16H2,1-4H3,(H,17,18,19);1H/t8-,9+;/m1./s1. The third-order valence-corrected chi connectivity index (χ3v) is 4.55. The normalized spacial score (nSPS) is 20.4. The molecule has 0 unspecified atom stereocenters. The number of esters is 1. The van der Waals surface area contributed by atoms with Gasteiger partial charge in [0.2, 0.25) is 0 Å². The molecule has 1 amide bonds. The van der Waals surface area contributed by atoms with E-state index in [9.17, 15) is 9.59 Å². The first-order valence-electron chi connectivity index (χ1n) is 7.52. The van der Waals surface area contributed by atoms with Crippen LogP contribution in [0.5, 0.6) is 0 Å². The van der Waals surface area contributed by atoms with E-state index < -0.39 is 12.1 Å². The topological polar surface area (TPSA) is 104 Å². The van der Waals surface area contributed by atoms with Crippen molar-refractivity contribution in [3.05, 3.63) is 10.6 Å². The Morgan fingerprint density at radius 3 is 2.58 bits per heavy atom. The maximum atomic E-state index is 12.3. The molecule has 2 atom stereocenters. The van der Waals surface area contributed by atoms with E-state index in [2.05, 4.69) is 10.3 Å². The Bertz CT molecular complexity index is 600. The van der Waals surface area contributed by atoms with Crippen molar-refractivity contribution in [1.82, 2.24) is 4.98 Å². The van der Waals surface area contributed by atoms with Gasteiger partial charge in [-0.15, -0.1) is 12.4 Å². The molecule has 136 valence electrons. The molecule has 1 aromatic rings. The van der Waals surface area contributed by atoms with Crippen LogP contribution in [0.15, 0.2) is 0 Å². The number of carbonyl (C=O) groups excluding carboxylic acids is 2. The molecule has 0 bridgehead atoms. The minimum Gasteiger partial charge on any atom is -0.465 e. The highest BCUT2D eigenvalue weighted by atomic mass is 35.5. The van der Waals surface area contributed by atoms with E-state index in [0.717, 1.165) is 17.8 Å². The van der Waals surface area contributed by atoms with Gasteiger partial charge in [-0.3, -0.25) is 10.1 Å². The van der Waals surface area contributed by atoms with Crippen LogP contribution >= 0.6 is 23.7 Å². The van der Waals surface area contributed by atoms with Gasteiger partial charge in [-0.25, -0.2) is 9.78 Å². The number of hydrogen-bond donors (Lipinski definition) is 2.